The smallest absolute Gasteiger partial charge is 0.229 e. The molecule has 1 unspecified atom stereocenters. The number of piperidine rings is 1. The van der Waals surface area contributed by atoms with Gasteiger partial charge in [0.05, 0.1) is 12.6 Å². The first-order valence-electron chi connectivity index (χ1n) is 8.96. The van der Waals surface area contributed by atoms with Crippen molar-refractivity contribution in [3.05, 3.63) is 35.4 Å². The molecule has 1 aliphatic heterocycles. The summed E-state index contributed by atoms with van der Waals surface area (Å²) in [6.45, 7) is 7.67. The molecule has 0 saturated carbocycles. The molecule has 1 heterocycles. The van der Waals surface area contributed by atoms with Crippen LogP contribution in [0.25, 0.3) is 0 Å². The molecule has 1 saturated heterocycles. The van der Waals surface area contributed by atoms with E-state index in [0.29, 0.717) is 38.3 Å². The van der Waals surface area contributed by atoms with E-state index < -0.39 is 0 Å². The van der Waals surface area contributed by atoms with Gasteiger partial charge in [-0.15, -0.1) is 24.0 Å². The second-order valence-electron chi connectivity index (χ2n) is 6.28. The monoisotopic (exact) mass is 472 g/mol. The number of hydrogen-bond acceptors (Lipinski definition) is 3. The van der Waals surface area contributed by atoms with Crippen LogP contribution >= 0.6 is 24.0 Å². The van der Waals surface area contributed by atoms with Crippen molar-refractivity contribution in [2.24, 2.45) is 4.99 Å². The summed E-state index contributed by atoms with van der Waals surface area (Å²) >= 11 is 0. The third-order valence-corrected chi connectivity index (χ3v) is 4.33. The minimum absolute atomic E-state index is 0. The zero-order valence-electron chi connectivity index (χ0n) is 15.7. The Bertz CT molecular complexity index is 632. The van der Waals surface area contributed by atoms with Crippen LogP contribution < -0.4 is 10.6 Å². The molecule has 7 heteroatoms. The molecule has 0 bridgehead atoms. The number of carbonyl (C=O) groups is 2. The van der Waals surface area contributed by atoms with Crippen molar-refractivity contribution in [3.63, 3.8) is 0 Å². The van der Waals surface area contributed by atoms with Crippen LogP contribution in [-0.2, 0) is 9.59 Å². The molecule has 1 aromatic carbocycles. The minimum atomic E-state index is -0.0855. The number of nitrogens with one attached hydrogen (secondary N) is 2. The lowest BCUT2D eigenvalue weighted by atomic mass is 10.0. The molecule has 1 aliphatic rings. The van der Waals surface area contributed by atoms with Crippen molar-refractivity contribution in [1.29, 1.82) is 0 Å². The zero-order valence-corrected chi connectivity index (χ0v) is 18.1. The van der Waals surface area contributed by atoms with Gasteiger partial charge < -0.3 is 10.6 Å². The Morgan fingerprint density at radius 1 is 1.23 bits per heavy atom. The number of imide groups is 1. The summed E-state index contributed by atoms with van der Waals surface area (Å²) in [5.41, 5.74) is 2.44. The number of guanidine groups is 1. The van der Waals surface area contributed by atoms with Gasteiger partial charge >= 0.3 is 0 Å². The third-order valence-electron chi connectivity index (χ3n) is 4.33. The maximum atomic E-state index is 11.8. The first kappa shape index (κ1) is 22.4. The van der Waals surface area contributed by atoms with Crippen molar-refractivity contribution in [2.45, 2.75) is 46.1 Å². The summed E-state index contributed by atoms with van der Waals surface area (Å²) in [5, 5.41) is 6.60. The van der Waals surface area contributed by atoms with Crippen LogP contribution in [0.2, 0.25) is 0 Å². The van der Waals surface area contributed by atoms with Crippen LogP contribution in [0.1, 0.15) is 50.3 Å². The van der Waals surface area contributed by atoms with Crippen molar-refractivity contribution < 1.29 is 9.59 Å². The van der Waals surface area contributed by atoms with E-state index in [1.165, 1.54) is 16.0 Å². The molecule has 0 aromatic heterocycles. The molecule has 2 amide bonds. The topological polar surface area (TPSA) is 73.8 Å². The van der Waals surface area contributed by atoms with Crippen molar-refractivity contribution >= 4 is 41.8 Å². The van der Waals surface area contributed by atoms with Gasteiger partial charge in [0, 0.05) is 25.9 Å². The van der Waals surface area contributed by atoms with Gasteiger partial charge in [-0.3, -0.25) is 19.5 Å². The van der Waals surface area contributed by atoms with Gasteiger partial charge in [-0.05, 0) is 38.3 Å². The Labute approximate surface area is 172 Å². The summed E-state index contributed by atoms with van der Waals surface area (Å²) < 4.78 is 0. The normalized spacial score (nSPS) is 16.1. The molecule has 144 valence electrons. The molecule has 26 heavy (non-hydrogen) atoms. The Morgan fingerprint density at radius 3 is 2.50 bits per heavy atom. The largest absolute Gasteiger partial charge is 0.357 e. The van der Waals surface area contributed by atoms with Gasteiger partial charge in [-0.1, -0.05) is 24.3 Å². The summed E-state index contributed by atoms with van der Waals surface area (Å²) in [7, 11) is 0. The second-order valence-corrected chi connectivity index (χ2v) is 6.28. The van der Waals surface area contributed by atoms with Gasteiger partial charge in [-0.2, -0.15) is 0 Å². The van der Waals surface area contributed by atoms with Crippen molar-refractivity contribution in [1.82, 2.24) is 15.5 Å². The average molecular weight is 472 g/mol. The van der Waals surface area contributed by atoms with Crippen LogP contribution in [0, 0.1) is 6.92 Å². The van der Waals surface area contributed by atoms with E-state index >= 15 is 0 Å². The number of benzene rings is 1. The van der Waals surface area contributed by atoms with Crippen molar-refractivity contribution in [3.8, 4) is 0 Å². The number of likely N-dealkylation sites (tertiary alicyclic amines) is 1. The van der Waals surface area contributed by atoms with Crippen molar-refractivity contribution in [2.75, 3.05) is 19.6 Å². The molecule has 1 fully saturated rings. The highest BCUT2D eigenvalue weighted by molar-refractivity contribution is 14.0. The van der Waals surface area contributed by atoms with E-state index in [-0.39, 0.29) is 41.8 Å². The molecular formula is C19H29IN4O2. The lowest BCUT2D eigenvalue weighted by molar-refractivity contribution is -0.147. The predicted molar refractivity (Wildman–Crippen MR) is 115 cm³/mol. The standard InChI is InChI=1S/C19H28N4O2.HI/c1-4-20-19(22-15(3)16-9-6-5-8-14(16)2)21-12-13-23-17(24)10-7-11-18(23)25;/h5-6,8-9,15H,4,7,10-13H2,1-3H3,(H2,20,21,22);1H. The maximum Gasteiger partial charge on any atom is 0.229 e. The Kier molecular flexibility index (Phi) is 9.61. The number of carbonyl (C=O) groups excluding carboxylic acids is 2. The Hall–Kier alpha value is -1.64. The van der Waals surface area contributed by atoms with E-state index in [1.54, 1.807) is 0 Å². The van der Waals surface area contributed by atoms with E-state index in [9.17, 15) is 9.59 Å². The van der Waals surface area contributed by atoms with Crippen LogP contribution in [-0.4, -0.2) is 42.3 Å². The van der Waals surface area contributed by atoms with E-state index in [4.69, 9.17) is 0 Å². The maximum absolute atomic E-state index is 11.8. The Morgan fingerprint density at radius 2 is 1.88 bits per heavy atom. The highest BCUT2D eigenvalue weighted by atomic mass is 127. The molecule has 1 atom stereocenters. The fourth-order valence-electron chi connectivity index (χ4n) is 2.99. The number of aryl methyl sites for hydroxylation is 1. The molecule has 0 spiro atoms. The molecule has 2 N–H and O–H groups in total. The first-order chi connectivity index (χ1) is 12.0. The lowest BCUT2D eigenvalue weighted by Gasteiger charge is -2.24. The summed E-state index contributed by atoms with van der Waals surface area (Å²) in [5.74, 6) is 0.519. The van der Waals surface area contributed by atoms with Crippen LogP contribution in [0.15, 0.2) is 29.3 Å². The second kappa shape index (κ2) is 11.2. The highest BCUT2D eigenvalue weighted by Crippen LogP contribution is 2.16. The number of amides is 2. The van der Waals surface area contributed by atoms with E-state index in [1.807, 2.05) is 19.1 Å². The number of nitrogens with zero attached hydrogens (tertiary/aromatic N) is 2. The summed E-state index contributed by atoms with van der Waals surface area (Å²) in [4.78, 5) is 29.5. The lowest BCUT2D eigenvalue weighted by Crippen LogP contribution is -2.43. The minimum Gasteiger partial charge on any atom is -0.357 e. The van der Waals surface area contributed by atoms with E-state index in [0.717, 1.165) is 6.54 Å². The fraction of sp³-hybridized carbons (Fsp3) is 0.526. The molecular weight excluding hydrogens is 443 g/mol. The van der Waals surface area contributed by atoms with Gasteiger partial charge in [0.1, 0.15) is 0 Å². The number of halogens is 1. The van der Waals surface area contributed by atoms with Gasteiger partial charge in [0.15, 0.2) is 5.96 Å². The highest BCUT2D eigenvalue weighted by Gasteiger charge is 2.25. The first-order valence-corrected chi connectivity index (χ1v) is 8.96. The fourth-order valence-corrected chi connectivity index (χ4v) is 2.99. The molecule has 0 aliphatic carbocycles. The Balaban J connectivity index is 0.00000338. The van der Waals surface area contributed by atoms with Crippen LogP contribution in [0.5, 0.6) is 0 Å². The van der Waals surface area contributed by atoms with Crippen LogP contribution in [0.3, 0.4) is 0 Å². The predicted octanol–water partition coefficient (Wildman–Crippen LogP) is 2.77. The number of aliphatic imine (C=N–C) groups is 1. The molecule has 1 aromatic rings. The average Bonchev–Trinajstić information content (AvgIpc) is 2.58. The molecule has 2 rings (SSSR count). The molecule has 0 radical (unpaired) electrons. The van der Waals surface area contributed by atoms with Gasteiger partial charge in [0.2, 0.25) is 11.8 Å². The van der Waals surface area contributed by atoms with Gasteiger partial charge in [-0.25, -0.2) is 0 Å². The summed E-state index contributed by atoms with van der Waals surface area (Å²) in [6, 6.07) is 8.35. The quantitative estimate of drug-likeness (QED) is 0.289. The molecule has 6 nitrogen and oxygen atoms in total. The van der Waals surface area contributed by atoms with Crippen LogP contribution in [0.4, 0.5) is 0 Å². The number of hydrogen-bond donors (Lipinski definition) is 2. The summed E-state index contributed by atoms with van der Waals surface area (Å²) in [6.07, 6.45) is 1.58. The van der Waals surface area contributed by atoms with E-state index in [2.05, 4.69) is 41.6 Å². The number of rotatable bonds is 6. The third kappa shape index (κ3) is 6.26. The SMILES string of the molecule is CCNC(=NCCN1C(=O)CCCC1=O)NC(C)c1ccccc1C.I. The zero-order chi connectivity index (χ0) is 18.2. The van der Waals surface area contributed by atoms with Gasteiger partial charge in [0.25, 0.3) is 0 Å².